The number of carboxylic acids is 1. The van der Waals surface area contributed by atoms with Crippen LogP contribution in [-0.4, -0.2) is 54.3 Å². The standard InChI is InChI=1S/C14H16BrNO5/c1-9-2-3-12(10(15)6-9)21-8-13(17)16-4-5-20-7-11(16)14(18)19/h2-3,6,11H,4-5,7-8H2,1H3,(H,18,19). The molecular weight excluding hydrogens is 342 g/mol. The quantitative estimate of drug-likeness (QED) is 0.882. The Morgan fingerprint density at radius 2 is 2.29 bits per heavy atom. The molecule has 1 amide bonds. The van der Waals surface area contributed by atoms with Crippen molar-refractivity contribution in [1.29, 1.82) is 0 Å². The molecule has 0 aromatic heterocycles. The smallest absolute Gasteiger partial charge is 0.328 e. The molecule has 114 valence electrons. The van der Waals surface area contributed by atoms with E-state index in [1.54, 1.807) is 6.07 Å². The van der Waals surface area contributed by atoms with Gasteiger partial charge in [-0.05, 0) is 40.5 Å². The van der Waals surface area contributed by atoms with Crippen LogP contribution in [0.1, 0.15) is 5.56 Å². The summed E-state index contributed by atoms with van der Waals surface area (Å²) in [5.74, 6) is -0.883. The lowest BCUT2D eigenvalue weighted by Gasteiger charge is -2.32. The molecule has 21 heavy (non-hydrogen) atoms. The number of halogens is 1. The Kier molecular flexibility index (Phi) is 5.19. The summed E-state index contributed by atoms with van der Waals surface area (Å²) >= 11 is 3.36. The van der Waals surface area contributed by atoms with Gasteiger partial charge in [-0.2, -0.15) is 0 Å². The number of carboxylic acid groups (broad SMARTS) is 1. The minimum absolute atomic E-state index is 0.00923. The number of ether oxygens (including phenoxy) is 2. The number of carbonyl (C=O) groups excluding carboxylic acids is 1. The lowest BCUT2D eigenvalue weighted by Crippen LogP contribution is -2.53. The maximum Gasteiger partial charge on any atom is 0.328 e. The van der Waals surface area contributed by atoms with Crippen molar-refractivity contribution in [3.8, 4) is 5.75 Å². The molecular formula is C14H16BrNO5. The van der Waals surface area contributed by atoms with Gasteiger partial charge >= 0.3 is 5.97 Å². The van der Waals surface area contributed by atoms with E-state index >= 15 is 0 Å². The van der Waals surface area contributed by atoms with Gasteiger partial charge in [-0.3, -0.25) is 4.79 Å². The van der Waals surface area contributed by atoms with E-state index in [-0.39, 0.29) is 25.7 Å². The molecule has 2 rings (SSSR count). The van der Waals surface area contributed by atoms with Crippen LogP contribution in [0.5, 0.6) is 5.75 Å². The number of aliphatic carboxylic acids is 1. The van der Waals surface area contributed by atoms with E-state index in [0.717, 1.165) is 10.0 Å². The molecule has 1 N–H and O–H groups in total. The molecule has 7 heteroatoms. The summed E-state index contributed by atoms with van der Waals surface area (Å²) in [6.45, 7) is 2.35. The molecule has 1 aliphatic heterocycles. The Bertz CT molecular complexity index is 548. The zero-order chi connectivity index (χ0) is 15.4. The van der Waals surface area contributed by atoms with E-state index in [1.165, 1.54) is 4.90 Å². The fourth-order valence-corrected chi connectivity index (χ4v) is 2.66. The molecule has 1 aromatic carbocycles. The normalized spacial score (nSPS) is 18.4. The third-order valence-electron chi connectivity index (χ3n) is 3.17. The first kappa shape index (κ1) is 15.8. The lowest BCUT2D eigenvalue weighted by atomic mass is 10.2. The van der Waals surface area contributed by atoms with Gasteiger partial charge < -0.3 is 19.5 Å². The second kappa shape index (κ2) is 6.91. The van der Waals surface area contributed by atoms with E-state index in [1.807, 2.05) is 19.1 Å². The van der Waals surface area contributed by atoms with Gasteiger partial charge in [-0.1, -0.05) is 6.07 Å². The number of hydrogen-bond acceptors (Lipinski definition) is 4. The molecule has 1 heterocycles. The third-order valence-corrected chi connectivity index (χ3v) is 3.79. The molecule has 1 atom stereocenters. The molecule has 0 saturated carbocycles. The van der Waals surface area contributed by atoms with Crippen LogP contribution in [-0.2, 0) is 14.3 Å². The van der Waals surface area contributed by atoms with Crippen LogP contribution >= 0.6 is 15.9 Å². The molecule has 0 spiro atoms. The third kappa shape index (κ3) is 3.95. The Hall–Kier alpha value is -1.60. The fourth-order valence-electron chi connectivity index (χ4n) is 2.05. The number of aryl methyl sites for hydroxylation is 1. The Balaban J connectivity index is 1.98. The molecule has 1 aliphatic rings. The number of morpholine rings is 1. The zero-order valence-corrected chi connectivity index (χ0v) is 13.1. The van der Waals surface area contributed by atoms with E-state index in [2.05, 4.69) is 15.9 Å². The summed E-state index contributed by atoms with van der Waals surface area (Å²) < 4.78 is 11.3. The van der Waals surface area contributed by atoms with Gasteiger partial charge in [0.15, 0.2) is 12.6 Å². The zero-order valence-electron chi connectivity index (χ0n) is 11.5. The number of hydrogen-bond donors (Lipinski definition) is 1. The second-order valence-electron chi connectivity index (χ2n) is 4.74. The van der Waals surface area contributed by atoms with Crippen LogP contribution in [0, 0.1) is 6.92 Å². The van der Waals surface area contributed by atoms with Crippen LogP contribution in [0.25, 0.3) is 0 Å². The lowest BCUT2D eigenvalue weighted by molar-refractivity contribution is -0.159. The molecule has 0 bridgehead atoms. The molecule has 0 aliphatic carbocycles. The van der Waals surface area contributed by atoms with Crippen molar-refractivity contribution in [3.05, 3.63) is 28.2 Å². The minimum atomic E-state index is -1.07. The minimum Gasteiger partial charge on any atom is -0.483 e. The Morgan fingerprint density at radius 1 is 1.52 bits per heavy atom. The monoisotopic (exact) mass is 357 g/mol. The van der Waals surface area contributed by atoms with Crippen molar-refractivity contribution >= 4 is 27.8 Å². The van der Waals surface area contributed by atoms with Gasteiger partial charge in [0.1, 0.15) is 5.75 Å². The van der Waals surface area contributed by atoms with Gasteiger partial charge in [0, 0.05) is 6.54 Å². The van der Waals surface area contributed by atoms with E-state index < -0.39 is 12.0 Å². The van der Waals surface area contributed by atoms with Crippen molar-refractivity contribution in [3.63, 3.8) is 0 Å². The van der Waals surface area contributed by atoms with Crippen LogP contribution in [0.15, 0.2) is 22.7 Å². The first-order valence-electron chi connectivity index (χ1n) is 6.48. The number of amides is 1. The van der Waals surface area contributed by atoms with E-state index in [4.69, 9.17) is 14.6 Å². The molecule has 1 saturated heterocycles. The van der Waals surface area contributed by atoms with Gasteiger partial charge in [0.25, 0.3) is 5.91 Å². The predicted molar refractivity (Wildman–Crippen MR) is 78.3 cm³/mol. The fraction of sp³-hybridized carbons (Fsp3) is 0.429. The maximum atomic E-state index is 12.1. The van der Waals surface area contributed by atoms with Crippen molar-refractivity contribution in [2.24, 2.45) is 0 Å². The SMILES string of the molecule is Cc1ccc(OCC(=O)N2CCOCC2C(=O)O)c(Br)c1. The van der Waals surface area contributed by atoms with Gasteiger partial charge in [0.2, 0.25) is 0 Å². The highest BCUT2D eigenvalue weighted by molar-refractivity contribution is 9.10. The number of rotatable bonds is 4. The number of carbonyl (C=O) groups is 2. The molecule has 6 nitrogen and oxygen atoms in total. The van der Waals surface area contributed by atoms with Crippen LogP contribution in [0.4, 0.5) is 0 Å². The van der Waals surface area contributed by atoms with Crippen molar-refractivity contribution in [2.45, 2.75) is 13.0 Å². The first-order valence-corrected chi connectivity index (χ1v) is 7.27. The molecule has 1 aromatic rings. The Morgan fingerprint density at radius 3 is 2.95 bits per heavy atom. The summed E-state index contributed by atoms with van der Waals surface area (Å²) in [4.78, 5) is 24.5. The van der Waals surface area contributed by atoms with Gasteiger partial charge in [-0.25, -0.2) is 4.79 Å². The van der Waals surface area contributed by atoms with E-state index in [9.17, 15) is 9.59 Å². The highest BCUT2D eigenvalue weighted by Gasteiger charge is 2.32. The summed E-state index contributed by atoms with van der Waals surface area (Å²) in [5.41, 5.74) is 1.07. The van der Waals surface area contributed by atoms with E-state index in [0.29, 0.717) is 12.4 Å². The summed E-state index contributed by atoms with van der Waals surface area (Å²) in [5, 5.41) is 9.10. The average Bonchev–Trinajstić information content (AvgIpc) is 2.46. The van der Waals surface area contributed by atoms with Crippen molar-refractivity contribution in [2.75, 3.05) is 26.4 Å². The van der Waals surface area contributed by atoms with Crippen LogP contribution in [0.2, 0.25) is 0 Å². The van der Waals surface area contributed by atoms with Crippen molar-refractivity contribution in [1.82, 2.24) is 4.90 Å². The number of nitrogens with zero attached hydrogens (tertiary/aromatic N) is 1. The van der Waals surface area contributed by atoms with Crippen molar-refractivity contribution < 1.29 is 24.2 Å². The van der Waals surface area contributed by atoms with Crippen LogP contribution in [0.3, 0.4) is 0 Å². The van der Waals surface area contributed by atoms with Gasteiger partial charge in [0.05, 0.1) is 17.7 Å². The maximum absolute atomic E-state index is 12.1. The summed E-state index contributed by atoms with van der Waals surface area (Å²) in [6.07, 6.45) is 0. The summed E-state index contributed by atoms with van der Waals surface area (Å²) in [7, 11) is 0. The van der Waals surface area contributed by atoms with Crippen LogP contribution < -0.4 is 4.74 Å². The number of benzene rings is 1. The molecule has 1 unspecified atom stereocenters. The second-order valence-corrected chi connectivity index (χ2v) is 5.59. The highest BCUT2D eigenvalue weighted by Crippen LogP contribution is 2.25. The average molecular weight is 358 g/mol. The molecule has 0 radical (unpaired) electrons. The first-order chi connectivity index (χ1) is 9.99. The van der Waals surface area contributed by atoms with Gasteiger partial charge in [-0.15, -0.1) is 0 Å². The molecule has 1 fully saturated rings. The predicted octanol–water partition coefficient (Wildman–Crippen LogP) is 1.45. The largest absolute Gasteiger partial charge is 0.483 e. The summed E-state index contributed by atoms with van der Waals surface area (Å²) in [6, 6.07) is 4.57. The highest BCUT2D eigenvalue weighted by atomic mass is 79.9. The topological polar surface area (TPSA) is 76.1 Å². The Labute approximate surface area is 130 Å².